The number of rotatable bonds is 2. The Bertz CT molecular complexity index is 889. The Morgan fingerprint density at radius 2 is 1.95 bits per heavy atom. The van der Waals surface area contributed by atoms with Crippen molar-refractivity contribution in [3.63, 3.8) is 0 Å². The van der Waals surface area contributed by atoms with Crippen LogP contribution in [0.25, 0.3) is 11.0 Å². The highest BCUT2D eigenvalue weighted by atomic mass is 35.5. The summed E-state index contributed by atoms with van der Waals surface area (Å²) in [5.74, 6) is -0.329. The number of hydrogen-bond acceptors (Lipinski definition) is 4. The molecule has 2 aromatic heterocycles. The lowest BCUT2D eigenvalue weighted by atomic mass is 10.2. The van der Waals surface area contributed by atoms with Gasteiger partial charge in [0.05, 0.1) is 0 Å². The van der Waals surface area contributed by atoms with Crippen molar-refractivity contribution in [1.82, 2.24) is 4.98 Å². The van der Waals surface area contributed by atoms with Gasteiger partial charge in [0.1, 0.15) is 22.1 Å². The number of amides is 1. The van der Waals surface area contributed by atoms with Gasteiger partial charge in [0.15, 0.2) is 0 Å². The van der Waals surface area contributed by atoms with Crippen molar-refractivity contribution in [3.8, 4) is 0 Å². The fourth-order valence-electron chi connectivity index (χ4n) is 1.88. The van der Waals surface area contributed by atoms with Gasteiger partial charge in [0, 0.05) is 5.39 Å². The van der Waals surface area contributed by atoms with E-state index in [0.29, 0.717) is 11.0 Å². The Morgan fingerprint density at radius 1 is 1.14 bits per heavy atom. The van der Waals surface area contributed by atoms with Crippen LogP contribution in [0.3, 0.4) is 0 Å². The Labute approximate surface area is 124 Å². The van der Waals surface area contributed by atoms with Crippen molar-refractivity contribution in [2.75, 3.05) is 5.32 Å². The van der Waals surface area contributed by atoms with Crippen LogP contribution in [0.15, 0.2) is 57.7 Å². The smallest absolute Gasteiger partial charge is 0.349 e. The highest BCUT2D eigenvalue weighted by Gasteiger charge is 2.14. The third-order valence-electron chi connectivity index (χ3n) is 2.84. The predicted octanol–water partition coefficient (Wildman–Crippen LogP) is 3.09. The number of carbonyl (C=O) groups is 1. The molecule has 2 heterocycles. The average Bonchev–Trinajstić information content (AvgIpc) is 2.46. The number of nitrogens with zero attached hydrogens (tertiary/aromatic N) is 1. The second kappa shape index (κ2) is 5.38. The Kier molecular flexibility index (Phi) is 3.41. The molecule has 104 valence electrons. The molecule has 0 unspecified atom stereocenters. The van der Waals surface area contributed by atoms with Gasteiger partial charge in [-0.05, 0) is 24.3 Å². The van der Waals surface area contributed by atoms with Crippen LogP contribution in [-0.4, -0.2) is 10.9 Å². The zero-order valence-corrected chi connectivity index (χ0v) is 11.4. The minimum Gasteiger partial charge on any atom is -0.422 e. The number of hydrogen-bond donors (Lipinski definition) is 1. The van der Waals surface area contributed by atoms with E-state index in [0.717, 1.165) is 0 Å². The molecule has 0 aliphatic rings. The topological polar surface area (TPSA) is 72.2 Å². The average molecular weight is 301 g/mol. The second-order valence-corrected chi connectivity index (χ2v) is 4.67. The van der Waals surface area contributed by atoms with E-state index >= 15 is 0 Å². The van der Waals surface area contributed by atoms with E-state index in [1.54, 1.807) is 42.5 Å². The summed E-state index contributed by atoms with van der Waals surface area (Å²) in [5, 5.41) is 3.43. The highest BCUT2D eigenvalue weighted by molar-refractivity contribution is 6.29. The first-order chi connectivity index (χ1) is 10.1. The number of aromatic nitrogens is 1. The summed E-state index contributed by atoms with van der Waals surface area (Å²) in [6.07, 6.45) is 0. The standard InChI is InChI=1S/C15H9ClN2O3/c16-12-6-3-7-13(17-12)18-14(19)10-8-9-4-1-2-5-11(9)21-15(10)20/h1-8H,(H,17,18,19). The Hall–Kier alpha value is -2.66. The molecule has 0 aliphatic heterocycles. The summed E-state index contributed by atoms with van der Waals surface area (Å²) >= 11 is 5.74. The molecule has 1 amide bonds. The highest BCUT2D eigenvalue weighted by Crippen LogP contribution is 2.14. The number of halogens is 1. The van der Waals surface area contributed by atoms with E-state index in [-0.39, 0.29) is 16.5 Å². The maximum atomic E-state index is 12.1. The van der Waals surface area contributed by atoms with Crippen molar-refractivity contribution in [2.45, 2.75) is 0 Å². The van der Waals surface area contributed by atoms with Crippen LogP contribution in [0.1, 0.15) is 10.4 Å². The number of carbonyl (C=O) groups excluding carboxylic acids is 1. The van der Waals surface area contributed by atoms with Crippen LogP contribution in [0.5, 0.6) is 0 Å². The van der Waals surface area contributed by atoms with E-state index in [2.05, 4.69) is 10.3 Å². The third kappa shape index (κ3) is 2.78. The molecule has 0 spiro atoms. The fourth-order valence-corrected chi connectivity index (χ4v) is 2.05. The number of anilines is 1. The summed E-state index contributed by atoms with van der Waals surface area (Å²) in [6, 6.07) is 13.3. The maximum absolute atomic E-state index is 12.1. The minimum atomic E-state index is -0.701. The lowest BCUT2D eigenvalue weighted by molar-refractivity contribution is 0.102. The van der Waals surface area contributed by atoms with E-state index in [1.165, 1.54) is 6.07 Å². The van der Waals surface area contributed by atoms with Gasteiger partial charge in [-0.15, -0.1) is 0 Å². The molecule has 1 N–H and O–H groups in total. The van der Waals surface area contributed by atoms with Gasteiger partial charge in [-0.3, -0.25) is 4.79 Å². The summed E-state index contributed by atoms with van der Waals surface area (Å²) in [4.78, 5) is 27.9. The molecule has 0 saturated heterocycles. The summed E-state index contributed by atoms with van der Waals surface area (Å²) < 4.78 is 5.11. The lowest BCUT2D eigenvalue weighted by Crippen LogP contribution is -2.21. The molecule has 3 aromatic rings. The molecule has 0 saturated carbocycles. The van der Waals surface area contributed by atoms with Gasteiger partial charge < -0.3 is 9.73 Å². The minimum absolute atomic E-state index is 0.0875. The van der Waals surface area contributed by atoms with Gasteiger partial charge in [-0.1, -0.05) is 35.9 Å². The lowest BCUT2D eigenvalue weighted by Gasteiger charge is -2.04. The van der Waals surface area contributed by atoms with Gasteiger partial charge in [0.25, 0.3) is 5.91 Å². The predicted molar refractivity (Wildman–Crippen MR) is 79.7 cm³/mol. The molecule has 0 atom stereocenters. The summed E-state index contributed by atoms with van der Waals surface area (Å²) in [6.45, 7) is 0. The zero-order valence-electron chi connectivity index (χ0n) is 10.7. The molecule has 0 fully saturated rings. The molecule has 0 radical (unpaired) electrons. The van der Waals surface area contributed by atoms with Gasteiger partial charge in [-0.25, -0.2) is 9.78 Å². The largest absolute Gasteiger partial charge is 0.422 e. The zero-order chi connectivity index (χ0) is 14.8. The van der Waals surface area contributed by atoms with Crippen molar-refractivity contribution in [2.24, 2.45) is 0 Å². The van der Waals surface area contributed by atoms with Crippen molar-refractivity contribution in [3.05, 3.63) is 69.7 Å². The molecule has 6 heteroatoms. The molecule has 0 bridgehead atoms. The van der Waals surface area contributed by atoms with Crippen molar-refractivity contribution in [1.29, 1.82) is 0 Å². The normalized spacial score (nSPS) is 10.5. The fraction of sp³-hybridized carbons (Fsp3) is 0. The first-order valence-corrected chi connectivity index (χ1v) is 6.48. The monoisotopic (exact) mass is 300 g/mol. The first-order valence-electron chi connectivity index (χ1n) is 6.10. The summed E-state index contributed by atoms with van der Waals surface area (Å²) in [7, 11) is 0. The van der Waals surface area contributed by atoms with Crippen LogP contribution in [0.4, 0.5) is 5.82 Å². The quantitative estimate of drug-likeness (QED) is 0.583. The van der Waals surface area contributed by atoms with E-state index in [9.17, 15) is 9.59 Å². The van der Waals surface area contributed by atoms with Crippen LogP contribution in [-0.2, 0) is 0 Å². The van der Waals surface area contributed by atoms with Gasteiger partial charge >= 0.3 is 5.63 Å². The molecule has 21 heavy (non-hydrogen) atoms. The number of pyridine rings is 1. The summed E-state index contributed by atoms with van der Waals surface area (Å²) in [5.41, 5.74) is -0.358. The van der Waals surface area contributed by atoms with E-state index in [4.69, 9.17) is 16.0 Å². The van der Waals surface area contributed by atoms with Gasteiger partial charge in [-0.2, -0.15) is 0 Å². The SMILES string of the molecule is O=C(Nc1cccc(Cl)n1)c1cc2ccccc2oc1=O. The van der Waals surface area contributed by atoms with E-state index in [1.807, 2.05) is 0 Å². The van der Waals surface area contributed by atoms with Crippen LogP contribution in [0.2, 0.25) is 5.15 Å². The molecular formula is C15H9ClN2O3. The van der Waals surface area contributed by atoms with Crippen LogP contribution >= 0.6 is 11.6 Å². The Morgan fingerprint density at radius 3 is 2.76 bits per heavy atom. The molecule has 0 aliphatic carbocycles. The Balaban J connectivity index is 1.98. The van der Waals surface area contributed by atoms with Crippen molar-refractivity contribution >= 4 is 34.3 Å². The van der Waals surface area contributed by atoms with Gasteiger partial charge in [0.2, 0.25) is 0 Å². The molecule has 5 nitrogen and oxygen atoms in total. The number of nitrogens with one attached hydrogen (secondary N) is 1. The third-order valence-corrected chi connectivity index (χ3v) is 3.05. The first kappa shape index (κ1) is 13.3. The van der Waals surface area contributed by atoms with E-state index < -0.39 is 11.5 Å². The van der Waals surface area contributed by atoms with Crippen molar-refractivity contribution < 1.29 is 9.21 Å². The number of fused-ring (bicyclic) bond motifs is 1. The number of benzene rings is 1. The molecule has 1 aromatic carbocycles. The maximum Gasteiger partial charge on any atom is 0.349 e. The second-order valence-electron chi connectivity index (χ2n) is 4.29. The number of para-hydroxylation sites is 1. The molecular weight excluding hydrogens is 292 g/mol. The molecule has 3 rings (SSSR count). The van der Waals surface area contributed by atoms with Crippen LogP contribution in [0, 0.1) is 0 Å². The van der Waals surface area contributed by atoms with Crippen LogP contribution < -0.4 is 10.9 Å².